The number of nitrogens with one attached hydrogen (secondary N) is 1. The Morgan fingerprint density at radius 2 is 2.05 bits per heavy atom. The maximum absolute atomic E-state index is 10.9. The van der Waals surface area contributed by atoms with Gasteiger partial charge in [0, 0.05) is 11.7 Å². The van der Waals surface area contributed by atoms with Gasteiger partial charge in [-0.05, 0) is 60.7 Å². The van der Waals surface area contributed by atoms with Crippen LogP contribution in [0, 0.1) is 5.92 Å². The van der Waals surface area contributed by atoms with Crippen LogP contribution in [0.2, 0.25) is 0 Å². The molecule has 3 rings (SSSR count). The summed E-state index contributed by atoms with van der Waals surface area (Å²) in [4.78, 5) is 3.20. The van der Waals surface area contributed by atoms with E-state index in [0.717, 1.165) is 42.7 Å². The predicted octanol–water partition coefficient (Wildman–Crippen LogP) is 4.35. The molecule has 2 N–H and O–H groups in total. The molecule has 1 saturated carbocycles. The van der Waals surface area contributed by atoms with Crippen LogP contribution in [0.4, 0.5) is 0 Å². The van der Waals surface area contributed by atoms with Gasteiger partial charge in [-0.1, -0.05) is 25.8 Å². The minimum atomic E-state index is -0.601. The summed E-state index contributed by atoms with van der Waals surface area (Å²) in [5, 5.41) is 12.1. The third-order valence-electron chi connectivity index (χ3n) is 4.72. The quantitative estimate of drug-likeness (QED) is 0.842. The Morgan fingerprint density at radius 1 is 1.26 bits per heavy atom. The van der Waals surface area contributed by atoms with Crippen LogP contribution in [-0.2, 0) is 5.60 Å². The van der Waals surface area contributed by atoms with Gasteiger partial charge in [0.15, 0.2) is 0 Å². The van der Waals surface area contributed by atoms with E-state index in [2.05, 4.69) is 36.2 Å². The maximum Gasteiger partial charge on any atom is 0.0897 e. The van der Waals surface area contributed by atoms with Gasteiger partial charge in [0.05, 0.1) is 5.60 Å². The van der Waals surface area contributed by atoms with Crippen molar-refractivity contribution < 1.29 is 5.11 Å². The van der Waals surface area contributed by atoms with E-state index in [9.17, 15) is 5.11 Å². The molecule has 0 bridgehead atoms. The Hall–Kier alpha value is -1.28. The minimum Gasteiger partial charge on any atom is -0.385 e. The standard InChI is InChI=1S/C17H23NO/c1-2-3-13-6-9-17(19,10-7-13)15-4-5-16-14(12-15)8-11-18-16/h4-5,8,11-13,18-19H,2-3,6-7,9-10H2,1H3. The number of aromatic amines is 1. The minimum absolute atomic E-state index is 0.601. The zero-order valence-corrected chi connectivity index (χ0v) is 11.7. The second kappa shape index (κ2) is 5.01. The fraction of sp³-hybridized carbons (Fsp3) is 0.529. The van der Waals surface area contributed by atoms with E-state index in [0.29, 0.717) is 0 Å². The van der Waals surface area contributed by atoms with Crippen LogP contribution in [0.25, 0.3) is 10.9 Å². The third-order valence-corrected chi connectivity index (χ3v) is 4.72. The molecule has 0 amide bonds. The number of H-pyrrole nitrogens is 1. The van der Waals surface area contributed by atoms with E-state index in [-0.39, 0.29) is 0 Å². The van der Waals surface area contributed by atoms with Gasteiger partial charge >= 0.3 is 0 Å². The molecule has 1 heterocycles. The van der Waals surface area contributed by atoms with Gasteiger partial charge in [0.1, 0.15) is 0 Å². The molecule has 0 radical (unpaired) electrons. The molecule has 102 valence electrons. The highest BCUT2D eigenvalue weighted by Gasteiger charge is 2.34. The van der Waals surface area contributed by atoms with Crippen LogP contribution in [0.1, 0.15) is 51.0 Å². The number of aromatic nitrogens is 1. The molecule has 1 aromatic carbocycles. The Kier molecular flexibility index (Phi) is 3.36. The predicted molar refractivity (Wildman–Crippen MR) is 79.1 cm³/mol. The average molecular weight is 257 g/mol. The van der Waals surface area contributed by atoms with Crippen molar-refractivity contribution >= 4 is 10.9 Å². The molecule has 2 aromatic rings. The largest absolute Gasteiger partial charge is 0.385 e. The van der Waals surface area contributed by atoms with Gasteiger partial charge in [0.2, 0.25) is 0 Å². The molecule has 0 saturated heterocycles. The lowest BCUT2D eigenvalue weighted by atomic mass is 9.74. The highest BCUT2D eigenvalue weighted by molar-refractivity contribution is 5.80. The van der Waals surface area contributed by atoms with E-state index < -0.39 is 5.60 Å². The van der Waals surface area contributed by atoms with Crippen LogP contribution < -0.4 is 0 Å². The van der Waals surface area contributed by atoms with Crippen LogP contribution in [0.5, 0.6) is 0 Å². The molecule has 2 nitrogen and oxygen atoms in total. The van der Waals surface area contributed by atoms with Crippen LogP contribution in [0.15, 0.2) is 30.5 Å². The van der Waals surface area contributed by atoms with Crippen molar-refractivity contribution in [2.24, 2.45) is 5.92 Å². The van der Waals surface area contributed by atoms with Gasteiger partial charge in [-0.25, -0.2) is 0 Å². The number of rotatable bonds is 3. The zero-order valence-electron chi connectivity index (χ0n) is 11.7. The number of aliphatic hydroxyl groups is 1. The average Bonchev–Trinajstić information content (AvgIpc) is 2.89. The van der Waals surface area contributed by atoms with E-state index in [1.165, 1.54) is 18.2 Å². The normalized spacial score (nSPS) is 27.8. The summed E-state index contributed by atoms with van der Waals surface area (Å²) >= 11 is 0. The SMILES string of the molecule is CCCC1CCC(O)(c2ccc3[nH]ccc3c2)CC1. The molecule has 0 spiro atoms. The summed E-state index contributed by atoms with van der Waals surface area (Å²) in [5.41, 5.74) is 1.64. The first-order chi connectivity index (χ1) is 9.21. The van der Waals surface area contributed by atoms with Gasteiger partial charge in [-0.3, -0.25) is 0 Å². The number of fused-ring (bicyclic) bond motifs is 1. The maximum atomic E-state index is 10.9. The first-order valence-corrected chi connectivity index (χ1v) is 7.51. The molecule has 1 aliphatic rings. The summed E-state index contributed by atoms with van der Waals surface area (Å²) in [7, 11) is 0. The molecule has 19 heavy (non-hydrogen) atoms. The van der Waals surface area contributed by atoms with Crippen molar-refractivity contribution in [3.05, 3.63) is 36.0 Å². The zero-order chi connectivity index (χ0) is 13.3. The fourth-order valence-corrected chi connectivity index (χ4v) is 3.48. The highest BCUT2D eigenvalue weighted by atomic mass is 16.3. The van der Waals surface area contributed by atoms with Crippen LogP contribution in [0.3, 0.4) is 0 Å². The van der Waals surface area contributed by atoms with Crippen LogP contribution >= 0.6 is 0 Å². The van der Waals surface area contributed by atoms with Crippen molar-refractivity contribution in [1.29, 1.82) is 0 Å². The summed E-state index contributed by atoms with van der Waals surface area (Å²) in [6.07, 6.45) is 8.67. The van der Waals surface area contributed by atoms with E-state index in [4.69, 9.17) is 0 Å². The lowest BCUT2D eigenvalue weighted by molar-refractivity contribution is -0.0151. The van der Waals surface area contributed by atoms with Gasteiger partial charge < -0.3 is 10.1 Å². The second-order valence-electron chi connectivity index (χ2n) is 6.04. The summed E-state index contributed by atoms with van der Waals surface area (Å²) in [5.74, 6) is 0.821. The Morgan fingerprint density at radius 3 is 2.79 bits per heavy atom. The third kappa shape index (κ3) is 2.42. The van der Waals surface area contributed by atoms with Crippen molar-refractivity contribution in [2.75, 3.05) is 0 Å². The van der Waals surface area contributed by atoms with E-state index in [1.54, 1.807) is 0 Å². The number of hydrogen-bond acceptors (Lipinski definition) is 1. The lowest BCUT2D eigenvalue weighted by Crippen LogP contribution is -2.31. The molecule has 1 fully saturated rings. The molecular formula is C17H23NO. The van der Waals surface area contributed by atoms with Crippen molar-refractivity contribution in [2.45, 2.75) is 51.0 Å². The molecular weight excluding hydrogens is 234 g/mol. The first kappa shape index (κ1) is 12.7. The first-order valence-electron chi connectivity index (χ1n) is 7.51. The number of benzene rings is 1. The summed E-state index contributed by atoms with van der Waals surface area (Å²) in [6, 6.07) is 8.39. The molecule has 0 aliphatic heterocycles. The van der Waals surface area contributed by atoms with Gasteiger partial charge in [-0.2, -0.15) is 0 Å². The lowest BCUT2D eigenvalue weighted by Gasteiger charge is -2.36. The second-order valence-corrected chi connectivity index (χ2v) is 6.04. The Labute approximate surface area is 114 Å². The molecule has 0 unspecified atom stereocenters. The van der Waals surface area contributed by atoms with Gasteiger partial charge in [0.25, 0.3) is 0 Å². The summed E-state index contributed by atoms with van der Waals surface area (Å²) < 4.78 is 0. The number of hydrogen-bond donors (Lipinski definition) is 2. The summed E-state index contributed by atoms with van der Waals surface area (Å²) in [6.45, 7) is 2.25. The smallest absolute Gasteiger partial charge is 0.0897 e. The molecule has 1 aliphatic carbocycles. The fourth-order valence-electron chi connectivity index (χ4n) is 3.48. The van der Waals surface area contributed by atoms with E-state index in [1.807, 2.05) is 6.20 Å². The van der Waals surface area contributed by atoms with Crippen LogP contribution in [-0.4, -0.2) is 10.1 Å². The Bertz CT molecular complexity index is 549. The highest BCUT2D eigenvalue weighted by Crippen LogP contribution is 2.41. The molecule has 1 aromatic heterocycles. The topological polar surface area (TPSA) is 36.0 Å². The van der Waals surface area contributed by atoms with Gasteiger partial charge in [-0.15, -0.1) is 0 Å². The molecule has 0 atom stereocenters. The molecule has 2 heteroatoms. The van der Waals surface area contributed by atoms with Crippen molar-refractivity contribution in [1.82, 2.24) is 4.98 Å². The monoisotopic (exact) mass is 257 g/mol. The van der Waals surface area contributed by atoms with E-state index >= 15 is 0 Å². The van der Waals surface area contributed by atoms with Crippen molar-refractivity contribution in [3.8, 4) is 0 Å². The Balaban J connectivity index is 1.80. The van der Waals surface area contributed by atoms with Crippen molar-refractivity contribution in [3.63, 3.8) is 0 Å².